The van der Waals surface area contributed by atoms with Gasteiger partial charge in [-0.15, -0.1) is 0 Å². The topological polar surface area (TPSA) is 201 Å². The zero-order valence-corrected chi connectivity index (χ0v) is 27.2. The van der Waals surface area contributed by atoms with Crippen LogP contribution < -0.4 is 16.0 Å². The Morgan fingerprint density at radius 3 is 1.96 bits per heavy atom. The van der Waals surface area contributed by atoms with E-state index in [4.69, 9.17) is 22.4 Å². The fourth-order valence-corrected chi connectivity index (χ4v) is 5.11. The number of benzene rings is 2. The Bertz CT molecular complexity index is 2190. The number of amides is 3. The van der Waals surface area contributed by atoms with E-state index in [1.54, 1.807) is 20.8 Å². The lowest BCUT2D eigenvalue weighted by atomic mass is 10.0. The molecule has 6 aromatic rings. The molecule has 0 aliphatic carbocycles. The van der Waals surface area contributed by atoms with E-state index in [0.717, 1.165) is 23.0 Å². The van der Waals surface area contributed by atoms with Crippen LogP contribution >= 0.6 is 0 Å². The summed E-state index contributed by atoms with van der Waals surface area (Å²) in [5.74, 6) is -0.310. The number of carbonyl (C=O) groups excluding carboxylic acids is 3. The molecule has 2 aromatic carbocycles. The third-order valence-corrected chi connectivity index (χ3v) is 7.45. The molecule has 15 heteroatoms. The van der Waals surface area contributed by atoms with Crippen LogP contribution in [0.1, 0.15) is 43.4 Å². The standard InChI is InChI=1S/C35H31N7O8/c1-35(2,3)50-34(45)36-11-10-24-28(43)37-14-23-15-46-32(38-23)26-17-47-30(41-26)21-8-4-6-19(12-21)20-7-5-9-22(13-20)31-42-27(18-48-31)33-40-25(16-49-33)29(44)39-24/h4-9,12-13,15-18,24H,10-11,14H2,1-3H3,(H,36,45)(H,37,43)(H,39,44)/t24-/m0/s1. The van der Waals surface area contributed by atoms with Crippen LogP contribution in [0.15, 0.2) is 91.3 Å². The van der Waals surface area contributed by atoms with Crippen LogP contribution in [0.2, 0.25) is 0 Å². The molecule has 1 aliphatic rings. The van der Waals surface area contributed by atoms with Crippen LogP contribution in [0.4, 0.5) is 4.79 Å². The van der Waals surface area contributed by atoms with Crippen LogP contribution in [0.3, 0.4) is 0 Å². The first-order chi connectivity index (χ1) is 24.1. The largest absolute Gasteiger partial charge is 0.444 e. The summed E-state index contributed by atoms with van der Waals surface area (Å²) >= 11 is 0. The predicted octanol–water partition coefficient (Wildman–Crippen LogP) is 5.62. The fraction of sp³-hybridized carbons (Fsp3) is 0.229. The van der Waals surface area contributed by atoms with Crippen molar-refractivity contribution in [2.24, 2.45) is 0 Å². The molecule has 3 amide bonds. The highest BCUT2D eigenvalue weighted by molar-refractivity contribution is 5.96. The van der Waals surface area contributed by atoms with E-state index in [1.807, 2.05) is 48.5 Å². The van der Waals surface area contributed by atoms with Crippen molar-refractivity contribution in [2.75, 3.05) is 6.54 Å². The van der Waals surface area contributed by atoms with E-state index in [-0.39, 0.29) is 42.7 Å². The zero-order chi connectivity index (χ0) is 34.8. The fourth-order valence-electron chi connectivity index (χ4n) is 5.11. The highest BCUT2D eigenvalue weighted by atomic mass is 16.6. The third kappa shape index (κ3) is 7.16. The van der Waals surface area contributed by atoms with Crippen LogP contribution in [0, 0.1) is 0 Å². The summed E-state index contributed by atoms with van der Waals surface area (Å²) < 4.78 is 28.0. The summed E-state index contributed by atoms with van der Waals surface area (Å²) in [6.45, 7) is 5.20. The van der Waals surface area contributed by atoms with Crippen molar-refractivity contribution in [1.82, 2.24) is 35.9 Å². The maximum atomic E-state index is 13.4. The van der Waals surface area contributed by atoms with Gasteiger partial charge in [0.2, 0.25) is 29.5 Å². The number of nitrogens with zero attached hydrogens (tertiary/aromatic N) is 4. The van der Waals surface area contributed by atoms with Gasteiger partial charge < -0.3 is 38.4 Å². The average molecular weight is 678 g/mol. The Morgan fingerprint density at radius 2 is 1.32 bits per heavy atom. The van der Waals surface area contributed by atoms with Crippen molar-refractivity contribution in [3.05, 3.63) is 85.0 Å². The van der Waals surface area contributed by atoms with E-state index in [9.17, 15) is 14.4 Å². The van der Waals surface area contributed by atoms with Gasteiger partial charge in [0.05, 0.1) is 12.2 Å². The SMILES string of the molecule is CC(C)(C)OC(=O)NCC[C@@H]1NC(=O)c2coc(n2)-c2coc(n2)-c2cccc(c2)-c2cccc(c2)-c2nc(co2)-c2nc(co2)CNC1=O. The van der Waals surface area contributed by atoms with E-state index < -0.39 is 29.6 Å². The smallest absolute Gasteiger partial charge is 0.407 e. The molecule has 7 rings (SSSR count). The molecular formula is C35H31N7O8. The van der Waals surface area contributed by atoms with Crippen LogP contribution in [-0.2, 0) is 16.1 Å². The van der Waals surface area contributed by atoms with Crippen LogP contribution in [0.25, 0.3) is 57.2 Å². The Labute approximate surface area is 284 Å². The average Bonchev–Trinajstić information content (AvgIpc) is 3.92. The van der Waals surface area contributed by atoms with Crippen molar-refractivity contribution in [1.29, 1.82) is 0 Å². The number of rotatable bonds is 3. The Hall–Kier alpha value is -6.51. The molecule has 0 spiro atoms. The van der Waals surface area contributed by atoms with Gasteiger partial charge in [-0.25, -0.2) is 24.7 Å². The van der Waals surface area contributed by atoms with Gasteiger partial charge in [0.25, 0.3) is 5.91 Å². The van der Waals surface area contributed by atoms with Gasteiger partial charge in [0.1, 0.15) is 36.7 Å². The number of ether oxygens (including phenoxy) is 1. The lowest BCUT2D eigenvalue weighted by Crippen LogP contribution is -2.48. The Kier molecular flexibility index (Phi) is 8.45. The monoisotopic (exact) mass is 677 g/mol. The summed E-state index contributed by atoms with van der Waals surface area (Å²) in [6, 6.07) is 14.2. The van der Waals surface area contributed by atoms with Crippen molar-refractivity contribution in [3.8, 4) is 57.2 Å². The first-order valence-corrected chi connectivity index (χ1v) is 15.7. The van der Waals surface area contributed by atoms with E-state index in [1.165, 1.54) is 18.8 Å². The molecule has 1 aliphatic heterocycles. The van der Waals surface area contributed by atoms with Gasteiger partial charge in [0.15, 0.2) is 17.1 Å². The number of hydrogen-bond acceptors (Lipinski definition) is 12. The minimum absolute atomic E-state index is 0.0196. The van der Waals surface area contributed by atoms with Crippen LogP contribution in [0.5, 0.6) is 0 Å². The van der Waals surface area contributed by atoms with Gasteiger partial charge >= 0.3 is 6.09 Å². The summed E-state index contributed by atoms with van der Waals surface area (Å²) in [6.07, 6.45) is 4.74. The molecule has 0 unspecified atom stereocenters. The van der Waals surface area contributed by atoms with Crippen LogP contribution in [-0.4, -0.2) is 56.0 Å². The summed E-state index contributed by atoms with van der Waals surface area (Å²) in [4.78, 5) is 56.7. The van der Waals surface area contributed by atoms with Gasteiger partial charge in [-0.3, -0.25) is 9.59 Å². The molecule has 3 N–H and O–H groups in total. The number of aromatic nitrogens is 4. The lowest BCUT2D eigenvalue weighted by Gasteiger charge is -2.21. The Balaban J connectivity index is 1.20. The molecule has 4 aromatic heterocycles. The quantitative estimate of drug-likeness (QED) is 0.209. The molecule has 5 heterocycles. The number of carbonyl (C=O) groups is 3. The number of oxazole rings is 4. The van der Waals surface area contributed by atoms with Gasteiger partial charge in [0, 0.05) is 17.7 Å². The maximum absolute atomic E-state index is 13.4. The second-order valence-electron chi connectivity index (χ2n) is 12.4. The van der Waals surface area contributed by atoms with Gasteiger partial charge in [-0.05, 0) is 62.6 Å². The molecule has 0 saturated carbocycles. The van der Waals surface area contributed by atoms with Crippen molar-refractivity contribution in [2.45, 2.75) is 45.4 Å². The molecule has 0 fully saturated rings. The van der Waals surface area contributed by atoms with Gasteiger partial charge in [-0.2, -0.15) is 0 Å². The van der Waals surface area contributed by atoms with Crippen molar-refractivity contribution in [3.63, 3.8) is 0 Å². The molecule has 0 saturated heterocycles. The number of hydrogen-bond donors (Lipinski definition) is 3. The van der Waals surface area contributed by atoms with Crippen molar-refractivity contribution < 1.29 is 36.8 Å². The maximum Gasteiger partial charge on any atom is 0.407 e. The summed E-state index contributed by atoms with van der Waals surface area (Å²) in [5, 5.41) is 8.02. The number of alkyl carbamates (subject to hydrolysis) is 1. The van der Waals surface area contributed by atoms with E-state index in [0.29, 0.717) is 28.7 Å². The molecule has 254 valence electrons. The molecule has 12 bridgehead atoms. The number of fused-ring (bicyclic) bond motifs is 17. The summed E-state index contributed by atoms with van der Waals surface area (Å²) in [7, 11) is 0. The highest BCUT2D eigenvalue weighted by Gasteiger charge is 2.25. The van der Waals surface area contributed by atoms with E-state index in [2.05, 4.69) is 35.9 Å². The molecule has 50 heavy (non-hydrogen) atoms. The second-order valence-corrected chi connectivity index (χ2v) is 12.4. The third-order valence-electron chi connectivity index (χ3n) is 7.45. The normalized spacial score (nSPS) is 14.7. The minimum atomic E-state index is -1.09. The predicted molar refractivity (Wildman–Crippen MR) is 176 cm³/mol. The summed E-state index contributed by atoms with van der Waals surface area (Å²) in [5.41, 5.74) is 3.47. The number of nitrogens with one attached hydrogen (secondary N) is 3. The second kappa shape index (κ2) is 13.2. The first-order valence-electron chi connectivity index (χ1n) is 15.7. The highest BCUT2D eigenvalue weighted by Crippen LogP contribution is 2.31. The van der Waals surface area contributed by atoms with E-state index >= 15 is 0 Å². The minimum Gasteiger partial charge on any atom is -0.444 e. The van der Waals surface area contributed by atoms with Gasteiger partial charge in [-0.1, -0.05) is 24.3 Å². The molecule has 15 nitrogen and oxygen atoms in total. The Morgan fingerprint density at radius 1 is 0.780 bits per heavy atom. The molecule has 1 atom stereocenters. The molecular weight excluding hydrogens is 646 g/mol. The lowest BCUT2D eigenvalue weighted by molar-refractivity contribution is -0.123. The van der Waals surface area contributed by atoms with Crippen molar-refractivity contribution >= 4 is 17.9 Å². The zero-order valence-electron chi connectivity index (χ0n) is 27.2. The molecule has 0 radical (unpaired) electrons. The first kappa shape index (κ1) is 32.1.